The van der Waals surface area contributed by atoms with Crippen molar-refractivity contribution in [3.63, 3.8) is 0 Å². The highest BCUT2D eigenvalue weighted by atomic mass is 31.1. The maximum absolute atomic E-state index is 3.97. The molecule has 0 N–H and O–H groups in total. The Bertz CT molecular complexity index is 820. The molecule has 0 radical (unpaired) electrons. The van der Waals surface area contributed by atoms with Crippen LogP contribution in [0.5, 0.6) is 0 Å². The van der Waals surface area contributed by atoms with E-state index in [0.717, 1.165) is 11.8 Å². The molecule has 0 spiro atoms. The average Bonchev–Trinajstić information content (AvgIpc) is 2.77. The zero-order valence-electron chi connectivity index (χ0n) is 16.5. The van der Waals surface area contributed by atoms with Crippen molar-refractivity contribution in [2.75, 3.05) is 0 Å². The summed E-state index contributed by atoms with van der Waals surface area (Å²) in [7, 11) is -0.497. The van der Waals surface area contributed by atoms with E-state index < -0.39 is 7.92 Å². The summed E-state index contributed by atoms with van der Waals surface area (Å²) >= 11 is 0. The molecule has 0 nitrogen and oxygen atoms in total. The van der Waals surface area contributed by atoms with Crippen molar-refractivity contribution in [1.29, 1.82) is 0 Å². The van der Waals surface area contributed by atoms with Gasteiger partial charge in [0.1, 0.15) is 0 Å². The predicted molar refractivity (Wildman–Crippen MR) is 124 cm³/mol. The van der Waals surface area contributed by atoms with E-state index in [0.29, 0.717) is 0 Å². The number of rotatable bonds is 6. The lowest BCUT2D eigenvalue weighted by Crippen LogP contribution is -2.20. The number of hydrogen-bond acceptors (Lipinski definition) is 0. The summed E-state index contributed by atoms with van der Waals surface area (Å²) in [6.07, 6.45) is 8.71. The molecule has 1 heteroatoms. The van der Waals surface area contributed by atoms with Crippen LogP contribution in [0.2, 0.25) is 0 Å². The lowest BCUT2D eigenvalue weighted by Gasteiger charge is -2.26. The predicted octanol–water partition coefficient (Wildman–Crippen LogP) is 5.98. The molecule has 0 aromatic heterocycles. The summed E-state index contributed by atoms with van der Waals surface area (Å²) in [5, 5.41) is 4.27. The van der Waals surface area contributed by atoms with E-state index in [1.165, 1.54) is 53.6 Å². The monoisotopic (exact) mass is 384 g/mol. The highest BCUT2D eigenvalue weighted by molar-refractivity contribution is 7.79. The maximum atomic E-state index is 3.97. The van der Waals surface area contributed by atoms with Crippen molar-refractivity contribution in [1.82, 2.24) is 0 Å². The smallest absolute Gasteiger partial charge is 0.0134 e. The van der Waals surface area contributed by atoms with Gasteiger partial charge in [0.15, 0.2) is 0 Å². The zero-order chi connectivity index (χ0) is 19.2. The first kappa shape index (κ1) is 19.2. The molecule has 142 valence electrons. The summed E-state index contributed by atoms with van der Waals surface area (Å²) in [4.78, 5) is 0. The largest absolute Gasteiger partial charge is 0.103 e. The van der Waals surface area contributed by atoms with Crippen molar-refractivity contribution >= 4 is 23.8 Å². The van der Waals surface area contributed by atoms with Crippen molar-refractivity contribution in [3.05, 3.63) is 103 Å². The van der Waals surface area contributed by atoms with Crippen molar-refractivity contribution in [2.45, 2.75) is 32.1 Å². The van der Waals surface area contributed by atoms with Crippen LogP contribution in [0.3, 0.4) is 0 Å². The number of hydrogen-bond donors (Lipinski definition) is 0. The molecule has 0 heterocycles. The fourth-order valence-electron chi connectivity index (χ4n) is 4.34. The molecule has 3 aromatic carbocycles. The van der Waals surface area contributed by atoms with Gasteiger partial charge in [0.05, 0.1) is 0 Å². The van der Waals surface area contributed by atoms with E-state index in [9.17, 15) is 0 Å². The molecule has 1 aliphatic rings. The molecule has 0 saturated heterocycles. The topological polar surface area (TPSA) is 0 Å². The molecular formula is C27H29P. The van der Waals surface area contributed by atoms with Gasteiger partial charge in [0.25, 0.3) is 0 Å². The molecule has 1 fully saturated rings. The first-order valence-electron chi connectivity index (χ1n) is 10.4. The van der Waals surface area contributed by atoms with E-state index in [2.05, 4.69) is 97.6 Å². The van der Waals surface area contributed by atoms with Crippen LogP contribution in [0.4, 0.5) is 0 Å². The van der Waals surface area contributed by atoms with Gasteiger partial charge in [0.2, 0.25) is 0 Å². The Kier molecular flexibility index (Phi) is 6.40. The second kappa shape index (κ2) is 9.35. The number of benzene rings is 3. The Labute approximate surface area is 171 Å². The van der Waals surface area contributed by atoms with Crippen molar-refractivity contribution < 1.29 is 0 Å². The van der Waals surface area contributed by atoms with Gasteiger partial charge < -0.3 is 0 Å². The minimum atomic E-state index is -0.497. The summed E-state index contributed by atoms with van der Waals surface area (Å²) < 4.78 is 0. The van der Waals surface area contributed by atoms with Crippen LogP contribution in [0.15, 0.2) is 97.6 Å². The lowest BCUT2D eigenvalue weighted by molar-refractivity contribution is 0.309. The average molecular weight is 385 g/mol. The van der Waals surface area contributed by atoms with Gasteiger partial charge in [-0.3, -0.25) is 0 Å². The minimum Gasteiger partial charge on any atom is -0.103 e. The van der Waals surface area contributed by atoms with E-state index >= 15 is 0 Å². The van der Waals surface area contributed by atoms with Gasteiger partial charge in [-0.2, -0.15) is 0 Å². The van der Waals surface area contributed by atoms with Crippen LogP contribution >= 0.6 is 7.92 Å². The van der Waals surface area contributed by atoms with Crippen LogP contribution in [-0.2, 0) is 6.42 Å². The van der Waals surface area contributed by atoms with E-state index in [4.69, 9.17) is 0 Å². The fraction of sp³-hybridized carbons (Fsp3) is 0.259. The van der Waals surface area contributed by atoms with Crippen LogP contribution in [0, 0.1) is 11.8 Å². The van der Waals surface area contributed by atoms with Crippen molar-refractivity contribution in [2.24, 2.45) is 11.8 Å². The number of allylic oxidation sites excluding steroid dienone is 1. The van der Waals surface area contributed by atoms with Gasteiger partial charge >= 0.3 is 0 Å². The lowest BCUT2D eigenvalue weighted by atomic mass is 9.79. The highest BCUT2D eigenvalue weighted by Gasteiger charge is 2.20. The van der Waals surface area contributed by atoms with Gasteiger partial charge in [-0.1, -0.05) is 91.0 Å². The van der Waals surface area contributed by atoms with Gasteiger partial charge in [0, 0.05) is 0 Å². The molecule has 0 atom stereocenters. The maximum Gasteiger partial charge on any atom is -0.0134 e. The standard InChI is InChI=1S/C27H29P/c1-2-22-13-15-23(16-14-22)21-24-17-19-27(20-18-24)28(25-9-5-3-6-10-25)26-11-7-4-8-12-26/h2-12,17-20,22-23H,1,13-16,21H2. The molecule has 4 rings (SSSR count). The molecule has 0 aliphatic heterocycles. The minimum absolute atomic E-state index is 0.497. The summed E-state index contributed by atoms with van der Waals surface area (Å²) in [6.45, 7) is 3.97. The third-order valence-corrected chi connectivity index (χ3v) is 8.42. The summed E-state index contributed by atoms with van der Waals surface area (Å²) in [5.41, 5.74) is 1.49. The Hall–Kier alpha value is -2.17. The molecule has 1 aliphatic carbocycles. The van der Waals surface area contributed by atoms with Gasteiger partial charge in [-0.05, 0) is 73.3 Å². The third kappa shape index (κ3) is 4.62. The fourth-order valence-corrected chi connectivity index (χ4v) is 6.63. The summed E-state index contributed by atoms with van der Waals surface area (Å²) in [6, 6.07) is 31.4. The Balaban J connectivity index is 1.53. The Morgan fingerprint density at radius 1 is 0.679 bits per heavy atom. The first-order valence-corrected chi connectivity index (χ1v) is 11.8. The van der Waals surface area contributed by atoms with E-state index in [-0.39, 0.29) is 0 Å². The molecule has 3 aromatic rings. The first-order chi connectivity index (χ1) is 13.8. The molecule has 0 amide bonds. The van der Waals surface area contributed by atoms with Crippen LogP contribution < -0.4 is 15.9 Å². The third-order valence-electron chi connectivity index (χ3n) is 5.97. The molecular weight excluding hydrogens is 355 g/mol. The quantitative estimate of drug-likeness (QED) is 0.362. The summed E-state index contributed by atoms with van der Waals surface area (Å²) in [5.74, 6) is 1.59. The highest BCUT2D eigenvalue weighted by Crippen LogP contribution is 2.34. The SMILES string of the molecule is C=CC1CCC(Cc2ccc(P(c3ccccc3)c3ccccc3)cc2)CC1. The second-order valence-electron chi connectivity index (χ2n) is 7.89. The Morgan fingerprint density at radius 3 is 1.68 bits per heavy atom. The van der Waals surface area contributed by atoms with Crippen molar-refractivity contribution in [3.8, 4) is 0 Å². The normalized spacial score (nSPS) is 19.5. The van der Waals surface area contributed by atoms with E-state index in [1.807, 2.05) is 0 Å². The molecule has 1 saturated carbocycles. The molecule has 0 unspecified atom stereocenters. The van der Waals surface area contributed by atoms with Crippen LogP contribution in [0.25, 0.3) is 0 Å². The molecule has 0 bridgehead atoms. The Morgan fingerprint density at radius 2 is 1.18 bits per heavy atom. The van der Waals surface area contributed by atoms with Gasteiger partial charge in [-0.15, -0.1) is 6.58 Å². The van der Waals surface area contributed by atoms with Crippen LogP contribution in [0.1, 0.15) is 31.2 Å². The zero-order valence-corrected chi connectivity index (χ0v) is 17.4. The van der Waals surface area contributed by atoms with E-state index in [1.54, 1.807) is 0 Å². The second-order valence-corrected chi connectivity index (χ2v) is 10.1. The van der Waals surface area contributed by atoms with Gasteiger partial charge in [-0.25, -0.2) is 0 Å². The van der Waals surface area contributed by atoms with Crippen LogP contribution in [-0.4, -0.2) is 0 Å². The molecule has 28 heavy (non-hydrogen) atoms.